The molecular weight excluding hydrogens is 1050 g/mol. The van der Waals surface area contributed by atoms with Gasteiger partial charge in [0.05, 0.1) is 84.1 Å². The average molecular weight is 1120 g/mol. The second kappa shape index (κ2) is 26.4. The van der Waals surface area contributed by atoms with Crippen molar-refractivity contribution in [1.82, 2.24) is 35.7 Å². The van der Waals surface area contributed by atoms with E-state index < -0.39 is 51.2 Å². The number of pyridine rings is 1. The molecule has 3 aromatic heterocycles. The third kappa shape index (κ3) is 15.7. The number of β-amino-alcohol motifs (C(OH)–C–C–N with tert-alkyl or cyclic N) is 1. The zero-order chi connectivity index (χ0) is 55.4. The first kappa shape index (κ1) is 58.4. The van der Waals surface area contributed by atoms with Gasteiger partial charge >= 0.3 is 0 Å². The lowest BCUT2D eigenvalue weighted by Crippen LogP contribution is -2.58. The van der Waals surface area contributed by atoms with E-state index in [1.54, 1.807) is 75.1 Å². The van der Waals surface area contributed by atoms with Crippen LogP contribution in [0.15, 0.2) is 65.0 Å². The summed E-state index contributed by atoms with van der Waals surface area (Å²) < 4.78 is 54.0. The minimum atomic E-state index is -3.05. The zero-order valence-corrected chi connectivity index (χ0v) is 46.6. The number of aromatic nitrogens is 2. The molecular formula is C53H68N8O13S3. The molecule has 0 spiro atoms. The van der Waals surface area contributed by atoms with Crippen LogP contribution in [-0.2, 0) is 56.8 Å². The number of hydrogen-bond donors (Lipinski definition) is 6. The number of carbonyl (C=O) groups is 4. The summed E-state index contributed by atoms with van der Waals surface area (Å²) in [6.07, 6.45) is 1.72. The van der Waals surface area contributed by atoms with Gasteiger partial charge < -0.3 is 59.5 Å². The van der Waals surface area contributed by atoms with Crippen molar-refractivity contribution >= 4 is 72.1 Å². The van der Waals surface area contributed by atoms with Crippen molar-refractivity contribution in [1.29, 1.82) is 5.41 Å². The van der Waals surface area contributed by atoms with E-state index in [1.165, 1.54) is 27.9 Å². The smallest absolute Gasteiger partial charge is 0.259 e. The van der Waals surface area contributed by atoms with E-state index in [0.29, 0.717) is 39.3 Å². The third-order valence-electron chi connectivity index (χ3n) is 13.1. The number of thiazole rings is 1. The number of amides is 4. The van der Waals surface area contributed by atoms with Crippen LogP contribution in [0.1, 0.15) is 56.2 Å². The maximum absolute atomic E-state index is 14.0. The fourth-order valence-electron chi connectivity index (χ4n) is 8.89. The minimum Gasteiger partial charge on any atom is -0.493 e. The van der Waals surface area contributed by atoms with Gasteiger partial charge in [0.1, 0.15) is 34.4 Å². The Balaban J connectivity index is 0.769. The van der Waals surface area contributed by atoms with E-state index in [-0.39, 0.29) is 107 Å². The first-order valence-electron chi connectivity index (χ1n) is 25.3. The molecule has 0 radical (unpaired) electrons. The van der Waals surface area contributed by atoms with Gasteiger partial charge in [0, 0.05) is 55.6 Å². The van der Waals surface area contributed by atoms with Crippen LogP contribution in [0.3, 0.4) is 0 Å². The van der Waals surface area contributed by atoms with Crippen LogP contribution in [-0.4, -0.2) is 160 Å². The van der Waals surface area contributed by atoms with Crippen molar-refractivity contribution in [3.8, 4) is 33.1 Å². The molecule has 77 heavy (non-hydrogen) atoms. The number of benzene rings is 2. The van der Waals surface area contributed by atoms with E-state index in [1.807, 2.05) is 31.2 Å². The predicted molar refractivity (Wildman–Crippen MR) is 293 cm³/mol. The van der Waals surface area contributed by atoms with Gasteiger partial charge in [-0.2, -0.15) is 0 Å². The number of amidine groups is 1. The van der Waals surface area contributed by atoms with Gasteiger partial charge in [0.25, 0.3) is 11.5 Å². The van der Waals surface area contributed by atoms with Gasteiger partial charge in [-0.1, -0.05) is 51.1 Å². The molecule has 0 bridgehead atoms. The molecule has 7 rings (SSSR count). The van der Waals surface area contributed by atoms with Crippen LogP contribution in [0.4, 0.5) is 0 Å². The summed E-state index contributed by atoms with van der Waals surface area (Å²) in [4.78, 5) is 73.5. The lowest BCUT2D eigenvalue weighted by Gasteiger charge is -2.35. The molecule has 0 saturated carbocycles. The Morgan fingerprint density at radius 3 is 2.27 bits per heavy atom. The Morgan fingerprint density at radius 1 is 0.909 bits per heavy atom. The van der Waals surface area contributed by atoms with Crippen LogP contribution >= 0.6 is 22.7 Å². The number of fused-ring (bicyclic) bond motifs is 1. The number of aliphatic hydroxyl groups is 1. The number of rotatable bonds is 24. The van der Waals surface area contributed by atoms with E-state index in [9.17, 15) is 37.5 Å². The molecule has 2 saturated heterocycles. The number of likely N-dealkylation sites (tertiary alicyclic amines) is 1. The second-order valence-corrected chi connectivity index (χ2v) is 24.2. The third-order valence-corrected chi connectivity index (χ3v) is 17.0. The molecule has 2 aliphatic rings. The number of ether oxygens (including phenoxy) is 5. The molecule has 1 unspecified atom stereocenters. The lowest BCUT2D eigenvalue weighted by atomic mass is 9.85. The van der Waals surface area contributed by atoms with Crippen molar-refractivity contribution in [2.24, 2.45) is 12.5 Å². The zero-order valence-electron chi connectivity index (χ0n) is 44.1. The van der Waals surface area contributed by atoms with Gasteiger partial charge in [-0.15, -0.1) is 22.7 Å². The number of sulfone groups is 1. The van der Waals surface area contributed by atoms with Gasteiger partial charge in [-0.05, 0) is 60.1 Å². The SMILES string of the molecule is COc1cc(-c2cn(C)c(=O)c3cc(C(=N)NC4CCS(=O)(=O)CC4)sc23)ccc1OCC(=O)NCCOCCOCCOCC(=O)NC(C(=O)N1C[C@H](O)C[C@H]1C(=O)NCc1ccc(-c2scnc2C)cc1)C(C)(C)C. The second-order valence-electron chi connectivity index (χ2n) is 20.0. The van der Waals surface area contributed by atoms with Crippen molar-refractivity contribution in [3.05, 3.63) is 86.7 Å². The van der Waals surface area contributed by atoms with Crippen LogP contribution < -0.4 is 36.3 Å². The highest BCUT2D eigenvalue weighted by Gasteiger charge is 2.44. The molecule has 2 aliphatic heterocycles. The Hall–Kier alpha value is -6.28. The van der Waals surface area contributed by atoms with Crippen molar-refractivity contribution in [2.45, 2.75) is 77.7 Å². The minimum absolute atomic E-state index is 0.0434. The fourth-order valence-corrected chi connectivity index (χ4v) is 12.3. The van der Waals surface area contributed by atoms with Crippen molar-refractivity contribution < 1.29 is 56.4 Å². The molecule has 5 aromatic rings. The molecule has 5 heterocycles. The van der Waals surface area contributed by atoms with Gasteiger partial charge in [0.2, 0.25) is 17.7 Å². The molecule has 2 aromatic carbocycles. The molecule has 0 aliphatic carbocycles. The average Bonchev–Trinajstić information content (AvgIpc) is 4.27. The normalized spacial score (nSPS) is 16.9. The summed E-state index contributed by atoms with van der Waals surface area (Å²) in [5.74, 6) is -0.807. The topological polar surface area (TPSA) is 279 Å². The first-order chi connectivity index (χ1) is 36.7. The molecule has 416 valence electrons. The lowest BCUT2D eigenvalue weighted by molar-refractivity contribution is -0.144. The Kier molecular flexibility index (Phi) is 20.0. The van der Waals surface area contributed by atoms with E-state index in [0.717, 1.165) is 32.8 Å². The summed E-state index contributed by atoms with van der Waals surface area (Å²) in [7, 11) is 0.0807. The monoisotopic (exact) mass is 1120 g/mol. The Bertz CT molecular complexity index is 3070. The van der Waals surface area contributed by atoms with E-state index >= 15 is 0 Å². The number of nitrogens with one attached hydrogen (secondary N) is 5. The Labute approximate surface area is 455 Å². The predicted octanol–water partition coefficient (Wildman–Crippen LogP) is 3.55. The number of carbonyl (C=O) groups excluding carboxylic acids is 4. The maximum atomic E-state index is 14.0. The standard InChI is InChI=1S/C53H68N8O13S3/c1-32-46(75-31-57-32)34-9-7-33(8-10-34)26-56-50(65)40-24-37(62)27-61(40)52(67)48(53(2,3)4)59-45(64)29-73-20-19-72-18-17-71-16-15-55-44(63)30-74-41-12-11-35(23-42(41)70-6)39-28-60(5)51(66)38-25-43(76-47(38)39)49(54)58-36-13-21-77(68,69)22-14-36/h7-12,23,25,28,31,36-37,40,48,62H,13-22,24,26-27,29-30H2,1-6H3,(H2,54,58)(H,55,63)(H,56,65)(H,59,64)/t37-,40+,48?/m1/s1. The van der Waals surface area contributed by atoms with Crippen LogP contribution in [0, 0.1) is 17.7 Å². The molecule has 2 fully saturated rings. The molecule has 3 atom stereocenters. The quantitative estimate of drug-likeness (QED) is 0.0293. The van der Waals surface area contributed by atoms with E-state index in [4.69, 9.17) is 29.1 Å². The highest BCUT2D eigenvalue weighted by molar-refractivity contribution is 7.91. The van der Waals surface area contributed by atoms with Gasteiger partial charge in [-0.3, -0.25) is 29.4 Å². The van der Waals surface area contributed by atoms with Gasteiger partial charge in [0.15, 0.2) is 18.1 Å². The van der Waals surface area contributed by atoms with Crippen LogP contribution in [0.2, 0.25) is 0 Å². The summed E-state index contributed by atoms with van der Waals surface area (Å²) in [5.41, 5.74) is 5.16. The van der Waals surface area contributed by atoms with Crippen LogP contribution in [0.5, 0.6) is 11.5 Å². The largest absolute Gasteiger partial charge is 0.493 e. The molecule has 6 N–H and O–H groups in total. The fraction of sp³-hybridized carbons (Fsp3) is 0.491. The van der Waals surface area contributed by atoms with Crippen molar-refractivity contribution in [3.63, 3.8) is 0 Å². The number of aryl methyl sites for hydroxylation is 2. The summed E-state index contributed by atoms with van der Waals surface area (Å²) in [6.45, 7) is 8.09. The maximum Gasteiger partial charge on any atom is 0.259 e. The number of thiophene rings is 1. The summed E-state index contributed by atoms with van der Waals surface area (Å²) in [5, 5.41) is 31.3. The Morgan fingerprint density at radius 2 is 1.60 bits per heavy atom. The highest BCUT2D eigenvalue weighted by atomic mass is 32.2. The number of methoxy groups -OCH3 is 1. The number of nitrogens with zero attached hydrogens (tertiary/aromatic N) is 3. The van der Waals surface area contributed by atoms with E-state index in [2.05, 4.69) is 26.3 Å². The van der Waals surface area contributed by atoms with Crippen molar-refractivity contribution in [2.75, 3.05) is 78.0 Å². The number of hydrogen-bond acceptors (Lipinski definition) is 17. The first-order valence-corrected chi connectivity index (χ1v) is 28.8. The molecule has 4 amide bonds. The molecule has 24 heteroatoms. The molecule has 21 nitrogen and oxygen atoms in total. The number of aliphatic hydroxyl groups excluding tert-OH is 1. The highest BCUT2D eigenvalue weighted by Crippen LogP contribution is 2.38. The summed E-state index contributed by atoms with van der Waals surface area (Å²) in [6, 6.07) is 12.7. The van der Waals surface area contributed by atoms with Gasteiger partial charge in [-0.25, -0.2) is 13.4 Å². The summed E-state index contributed by atoms with van der Waals surface area (Å²) >= 11 is 2.85. The van der Waals surface area contributed by atoms with Crippen LogP contribution in [0.25, 0.3) is 31.7 Å².